The fourth-order valence-electron chi connectivity index (χ4n) is 3.68. The molecule has 27 heavy (non-hydrogen) atoms. The summed E-state index contributed by atoms with van der Waals surface area (Å²) in [6.45, 7) is 2.34. The largest absolute Gasteiger partial charge is 0.397 e. The second-order valence-electron chi connectivity index (χ2n) is 6.79. The number of aromatic amines is 1. The number of nitrogens with zero attached hydrogens (tertiary/aromatic N) is 5. The molecule has 142 valence electrons. The molecule has 3 aromatic rings. The number of aryl methyl sites for hydroxylation is 1. The van der Waals surface area contributed by atoms with Gasteiger partial charge in [-0.05, 0) is 25.8 Å². The molecule has 0 aliphatic carbocycles. The minimum Gasteiger partial charge on any atom is -0.346 e. The van der Waals surface area contributed by atoms with E-state index in [9.17, 15) is 18.0 Å². The van der Waals surface area contributed by atoms with Gasteiger partial charge in [0.15, 0.2) is 11.3 Å². The second kappa shape index (κ2) is 6.43. The lowest BCUT2D eigenvalue weighted by Gasteiger charge is -2.33. The third kappa shape index (κ3) is 3.43. The molecule has 1 aliphatic rings. The zero-order valence-corrected chi connectivity index (χ0v) is 14.5. The number of alkyl halides is 3. The van der Waals surface area contributed by atoms with Gasteiger partial charge in [0.1, 0.15) is 12.2 Å². The van der Waals surface area contributed by atoms with Gasteiger partial charge in [0.2, 0.25) is 5.91 Å². The lowest BCUT2D eigenvalue weighted by atomic mass is 9.91. The molecule has 0 radical (unpaired) electrons. The third-order valence-corrected chi connectivity index (χ3v) is 4.80. The minimum atomic E-state index is -4.50. The first-order valence-corrected chi connectivity index (χ1v) is 8.64. The highest BCUT2D eigenvalue weighted by Crippen LogP contribution is 2.33. The zero-order chi connectivity index (χ0) is 19.2. The second-order valence-corrected chi connectivity index (χ2v) is 6.79. The molecule has 1 atom stereocenters. The van der Waals surface area contributed by atoms with Crippen LogP contribution in [-0.4, -0.2) is 55.2 Å². The van der Waals surface area contributed by atoms with Crippen LogP contribution in [0.5, 0.6) is 0 Å². The molecule has 0 aromatic carbocycles. The maximum Gasteiger partial charge on any atom is 0.397 e. The summed E-state index contributed by atoms with van der Waals surface area (Å²) in [5, 5.41) is 9.73. The normalized spacial score (nSPS) is 18.4. The predicted molar refractivity (Wildman–Crippen MR) is 90.9 cm³/mol. The minimum absolute atomic E-state index is 0.137. The van der Waals surface area contributed by atoms with Crippen LogP contribution < -0.4 is 0 Å². The van der Waals surface area contributed by atoms with Crippen molar-refractivity contribution in [1.29, 1.82) is 0 Å². The van der Waals surface area contributed by atoms with E-state index in [-0.39, 0.29) is 12.5 Å². The van der Waals surface area contributed by atoms with E-state index in [1.54, 1.807) is 13.1 Å². The van der Waals surface area contributed by atoms with Crippen LogP contribution in [0, 0.1) is 6.92 Å². The Morgan fingerprint density at radius 3 is 2.89 bits per heavy atom. The Labute approximate surface area is 152 Å². The van der Waals surface area contributed by atoms with Crippen LogP contribution in [0.3, 0.4) is 0 Å². The van der Waals surface area contributed by atoms with Crippen LogP contribution in [0.15, 0.2) is 12.3 Å². The van der Waals surface area contributed by atoms with Crippen LogP contribution in [0.25, 0.3) is 22.1 Å². The summed E-state index contributed by atoms with van der Waals surface area (Å²) < 4.78 is 37.8. The van der Waals surface area contributed by atoms with Gasteiger partial charge in [0.25, 0.3) is 0 Å². The number of aromatic nitrogens is 5. The molecule has 4 heterocycles. The zero-order valence-electron chi connectivity index (χ0n) is 14.5. The summed E-state index contributed by atoms with van der Waals surface area (Å²) in [6, 6.07) is 1.82. The van der Waals surface area contributed by atoms with E-state index in [2.05, 4.69) is 25.1 Å². The number of H-pyrrole nitrogens is 1. The van der Waals surface area contributed by atoms with E-state index in [1.165, 1.54) is 4.90 Å². The van der Waals surface area contributed by atoms with Crippen molar-refractivity contribution in [2.75, 3.05) is 13.1 Å². The molecular weight excluding hydrogens is 361 g/mol. The average Bonchev–Trinajstić information content (AvgIpc) is 3.08. The maximum atomic E-state index is 12.6. The number of hydrogen-bond acceptors (Lipinski definition) is 5. The van der Waals surface area contributed by atoms with Gasteiger partial charge in [0.05, 0.1) is 5.39 Å². The molecule has 1 fully saturated rings. The van der Waals surface area contributed by atoms with Gasteiger partial charge in [0, 0.05) is 36.3 Å². The Kier molecular flexibility index (Phi) is 4.20. The van der Waals surface area contributed by atoms with Gasteiger partial charge >= 0.3 is 6.18 Å². The van der Waals surface area contributed by atoms with Gasteiger partial charge in [-0.15, -0.1) is 10.2 Å². The van der Waals surface area contributed by atoms with Crippen molar-refractivity contribution in [3.8, 4) is 0 Å². The number of fused-ring (bicyclic) bond motifs is 3. The van der Waals surface area contributed by atoms with Gasteiger partial charge < -0.3 is 9.88 Å². The van der Waals surface area contributed by atoms with E-state index in [4.69, 9.17) is 0 Å². The summed E-state index contributed by atoms with van der Waals surface area (Å²) in [6.07, 6.45) is -2.92. The number of nitrogens with one attached hydrogen (secondary N) is 1. The first-order chi connectivity index (χ1) is 12.8. The number of halogens is 3. The SMILES string of the molecule is Cc1nc2nnc3nccc3c2c(C2CCCN(C(=O)CC(F)(F)F)C2)[nH]1. The first-order valence-electron chi connectivity index (χ1n) is 8.64. The molecule has 1 N–H and O–H groups in total. The standard InChI is InChI=1S/C17H17F3N6O/c1-9-22-14(13-11-4-5-21-15(11)24-25-16(13)23-9)10-3-2-6-26(8-10)12(27)7-17(18,19)20/h4-5,10H,2-3,6-8H2,1H3,(H,22,23,25). The van der Waals surface area contributed by atoms with Crippen LogP contribution in [0.4, 0.5) is 13.2 Å². The summed E-state index contributed by atoms with van der Waals surface area (Å²) in [4.78, 5) is 25.1. The predicted octanol–water partition coefficient (Wildman–Crippen LogP) is 2.87. The molecule has 1 unspecified atom stereocenters. The van der Waals surface area contributed by atoms with Crippen molar-refractivity contribution >= 4 is 28.0 Å². The Hall–Kier alpha value is -2.78. The molecule has 0 bridgehead atoms. The highest BCUT2D eigenvalue weighted by molar-refractivity contribution is 6.02. The van der Waals surface area contributed by atoms with E-state index in [1.807, 2.05) is 6.07 Å². The third-order valence-electron chi connectivity index (χ3n) is 4.80. The Morgan fingerprint density at radius 2 is 2.11 bits per heavy atom. The van der Waals surface area contributed by atoms with Crippen molar-refractivity contribution in [2.24, 2.45) is 0 Å². The lowest BCUT2D eigenvalue weighted by molar-refractivity contribution is -0.162. The van der Waals surface area contributed by atoms with Crippen molar-refractivity contribution < 1.29 is 18.0 Å². The number of carbonyl (C=O) groups excluding carboxylic acids is 1. The molecule has 0 saturated carbocycles. The summed E-state index contributed by atoms with van der Waals surface area (Å²) in [7, 11) is 0. The topological polar surface area (TPSA) is 87.7 Å². The first kappa shape index (κ1) is 17.6. The van der Waals surface area contributed by atoms with Crippen LogP contribution >= 0.6 is 0 Å². The van der Waals surface area contributed by atoms with Crippen molar-refractivity contribution in [2.45, 2.75) is 38.3 Å². The van der Waals surface area contributed by atoms with Gasteiger partial charge in [-0.2, -0.15) is 13.2 Å². The van der Waals surface area contributed by atoms with Crippen molar-refractivity contribution in [3.63, 3.8) is 0 Å². The van der Waals surface area contributed by atoms with Crippen LogP contribution in [0.1, 0.15) is 36.7 Å². The van der Waals surface area contributed by atoms with E-state index in [0.29, 0.717) is 30.1 Å². The monoisotopic (exact) mass is 378 g/mol. The Balaban J connectivity index is 1.73. The van der Waals surface area contributed by atoms with Gasteiger partial charge in [-0.1, -0.05) is 0 Å². The smallest absolute Gasteiger partial charge is 0.346 e. The molecular formula is C17H17F3N6O. The number of rotatable bonds is 2. The summed E-state index contributed by atoms with van der Waals surface area (Å²) in [5.41, 5.74) is 1.76. The molecule has 1 amide bonds. The van der Waals surface area contributed by atoms with Gasteiger partial charge in [-0.3, -0.25) is 4.79 Å². The molecule has 0 spiro atoms. The Bertz CT molecular complexity index is 1010. The van der Waals surface area contributed by atoms with Crippen molar-refractivity contribution in [1.82, 2.24) is 30.0 Å². The molecule has 1 saturated heterocycles. The van der Waals surface area contributed by atoms with Crippen LogP contribution in [-0.2, 0) is 4.79 Å². The van der Waals surface area contributed by atoms with Crippen LogP contribution in [0.2, 0.25) is 0 Å². The highest BCUT2D eigenvalue weighted by Gasteiger charge is 2.35. The quantitative estimate of drug-likeness (QED) is 0.741. The van der Waals surface area contributed by atoms with E-state index >= 15 is 0 Å². The lowest BCUT2D eigenvalue weighted by Crippen LogP contribution is -2.41. The summed E-state index contributed by atoms with van der Waals surface area (Å²) >= 11 is 0. The number of likely N-dealkylation sites (tertiary alicyclic amines) is 1. The summed E-state index contributed by atoms with van der Waals surface area (Å²) in [5.74, 6) is -0.394. The van der Waals surface area contributed by atoms with E-state index < -0.39 is 18.5 Å². The molecule has 1 aliphatic heterocycles. The fraction of sp³-hybridized carbons (Fsp3) is 0.471. The molecule has 7 nitrogen and oxygen atoms in total. The number of piperidine rings is 1. The highest BCUT2D eigenvalue weighted by atomic mass is 19.4. The number of hydrogen-bond donors (Lipinski definition) is 1. The number of carbonyl (C=O) groups is 1. The van der Waals surface area contributed by atoms with Crippen molar-refractivity contribution in [3.05, 3.63) is 23.8 Å². The molecule has 10 heteroatoms. The average molecular weight is 378 g/mol. The van der Waals surface area contributed by atoms with E-state index in [0.717, 1.165) is 22.9 Å². The Morgan fingerprint density at radius 1 is 1.33 bits per heavy atom. The van der Waals surface area contributed by atoms with Gasteiger partial charge in [-0.25, -0.2) is 9.97 Å². The fourth-order valence-corrected chi connectivity index (χ4v) is 3.68. The molecule has 3 aromatic heterocycles. The number of amides is 1. The molecule has 4 rings (SSSR count). The maximum absolute atomic E-state index is 12.6.